The first kappa shape index (κ1) is 11.6. The van der Waals surface area contributed by atoms with Gasteiger partial charge in [-0.15, -0.1) is 0 Å². The molecular weight excluding hydrogens is 192 g/mol. The lowest BCUT2D eigenvalue weighted by Crippen LogP contribution is -2.08. The highest BCUT2D eigenvalue weighted by molar-refractivity contribution is 5.61. The molecule has 0 spiro atoms. The predicted octanol–water partition coefficient (Wildman–Crippen LogP) is 1.08. The first-order valence-electron chi connectivity index (χ1n) is 5.07. The van der Waals surface area contributed by atoms with Crippen molar-refractivity contribution in [1.29, 1.82) is 0 Å². The summed E-state index contributed by atoms with van der Waals surface area (Å²) in [4.78, 5) is 4.09. The molecule has 0 saturated heterocycles. The van der Waals surface area contributed by atoms with Crippen molar-refractivity contribution in [2.45, 2.75) is 13.3 Å². The lowest BCUT2D eigenvalue weighted by molar-refractivity contribution is 0.147. The summed E-state index contributed by atoms with van der Waals surface area (Å²) in [7, 11) is 0. The summed E-state index contributed by atoms with van der Waals surface area (Å²) in [6.07, 6.45) is 0.944. The van der Waals surface area contributed by atoms with Crippen LogP contribution in [0.2, 0.25) is 0 Å². The van der Waals surface area contributed by atoms with E-state index in [-0.39, 0.29) is 0 Å². The monoisotopic (exact) mass is 210 g/mol. The molecule has 5 nitrogen and oxygen atoms in total. The van der Waals surface area contributed by atoms with Crippen molar-refractivity contribution in [1.82, 2.24) is 4.98 Å². The summed E-state index contributed by atoms with van der Waals surface area (Å²) in [5.41, 5.74) is 11.6. The average Bonchev–Trinajstić information content (AvgIpc) is 2.23. The summed E-state index contributed by atoms with van der Waals surface area (Å²) < 4.78 is 5.21. The number of nitrogens with two attached hydrogens (primary N) is 2. The van der Waals surface area contributed by atoms with E-state index in [1.807, 2.05) is 13.0 Å². The Balaban J connectivity index is 2.28. The quantitative estimate of drug-likeness (QED) is 0.612. The minimum Gasteiger partial charge on any atom is -0.396 e. The number of aromatic nitrogens is 1. The van der Waals surface area contributed by atoms with Crippen molar-refractivity contribution in [2.75, 3.05) is 36.5 Å². The van der Waals surface area contributed by atoms with Crippen LogP contribution >= 0.6 is 0 Å². The third-order valence-corrected chi connectivity index (χ3v) is 1.93. The van der Waals surface area contributed by atoms with Gasteiger partial charge in [-0.3, -0.25) is 0 Å². The fraction of sp³-hybridized carbons (Fsp3) is 0.500. The molecule has 0 aliphatic carbocycles. The van der Waals surface area contributed by atoms with Crippen molar-refractivity contribution in [3.63, 3.8) is 0 Å². The average molecular weight is 210 g/mol. The van der Waals surface area contributed by atoms with Crippen LogP contribution < -0.4 is 16.8 Å². The van der Waals surface area contributed by atoms with Gasteiger partial charge in [-0.1, -0.05) is 0 Å². The van der Waals surface area contributed by atoms with Crippen LogP contribution in [-0.4, -0.2) is 24.7 Å². The molecule has 1 heterocycles. The molecule has 0 unspecified atom stereocenters. The predicted molar refractivity (Wildman–Crippen MR) is 62.7 cm³/mol. The smallest absolute Gasteiger partial charge is 0.149 e. The van der Waals surface area contributed by atoms with Gasteiger partial charge in [-0.05, 0) is 25.5 Å². The molecule has 15 heavy (non-hydrogen) atoms. The minimum atomic E-state index is 0.366. The SMILES string of the molecule is CCOCCCNc1ccc(N)c(N)n1. The number of nitrogens with one attached hydrogen (secondary N) is 1. The van der Waals surface area contributed by atoms with Gasteiger partial charge in [0.15, 0.2) is 0 Å². The van der Waals surface area contributed by atoms with E-state index in [0.717, 1.165) is 32.0 Å². The van der Waals surface area contributed by atoms with Crippen LogP contribution in [0.1, 0.15) is 13.3 Å². The van der Waals surface area contributed by atoms with Gasteiger partial charge in [0.2, 0.25) is 0 Å². The summed E-state index contributed by atoms with van der Waals surface area (Å²) in [5.74, 6) is 1.11. The first-order chi connectivity index (χ1) is 7.24. The Kier molecular flexibility index (Phi) is 4.70. The zero-order valence-electron chi connectivity index (χ0n) is 8.99. The normalized spacial score (nSPS) is 10.2. The standard InChI is InChI=1S/C10H18N4O/c1-2-15-7-3-6-13-9-5-4-8(11)10(12)14-9/h4-5H,2-3,6-7,11H2,1H3,(H3,12,13,14). The summed E-state index contributed by atoms with van der Waals surface area (Å²) >= 11 is 0. The fourth-order valence-corrected chi connectivity index (χ4v) is 1.12. The van der Waals surface area contributed by atoms with Crippen LogP contribution in [0.15, 0.2) is 12.1 Å². The maximum atomic E-state index is 5.57. The molecule has 0 atom stereocenters. The summed E-state index contributed by atoms with van der Waals surface area (Å²) in [6, 6.07) is 3.56. The Morgan fingerprint density at radius 2 is 2.20 bits per heavy atom. The second-order valence-electron chi connectivity index (χ2n) is 3.15. The molecule has 1 aromatic rings. The lowest BCUT2D eigenvalue weighted by atomic mass is 10.3. The lowest BCUT2D eigenvalue weighted by Gasteiger charge is -2.07. The van der Waals surface area contributed by atoms with Crippen LogP contribution in [0.25, 0.3) is 0 Å². The van der Waals surface area contributed by atoms with Crippen LogP contribution in [0.3, 0.4) is 0 Å². The topological polar surface area (TPSA) is 86.2 Å². The van der Waals surface area contributed by atoms with Crippen LogP contribution in [0.5, 0.6) is 0 Å². The zero-order valence-corrected chi connectivity index (χ0v) is 8.99. The van der Waals surface area contributed by atoms with E-state index in [1.165, 1.54) is 0 Å². The Morgan fingerprint density at radius 3 is 2.87 bits per heavy atom. The number of hydrogen-bond acceptors (Lipinski definition) is 5. The maximum Gasteiger partial charge on any atom is 0.149 e. The molecule has 0 saturated carbocycles. The van der Waals surface area contributed by atoms with Gasteiger partial charge in [-0.2, -0.15) is 0 Å². The van der Waals surface area contributed by atoms with Gasteiger partial charge in [0, 0.05) is 19.8 Å². The molecule has 1 rings (SSSR count). The minimum absolute atomic E-state index is 0.366. The number of nitrogen functional groups attached to an aromatic ring is 2. The van der Waals surface area contributed by atoms with Crippen LogP contribution in [0.4, 0.5) is 17.3 Å². The molecule has 0 aliphatic heterocycles. The molecule has 5 N–H and O–H groups in total. The second-order valence-corrected chi connectivity index (χ2v) is 3.15. The van der Waals surface area contributed by atoms with Gasteiger partial charge in [0.25, 0.3) is 0 Å². The zero-order chi connectivity index (χ0) is 11.1. The van der Waals surface area contributed by atoms with Gasteiger partial charge < -0.3 is 21.5 Å². The Morgan fingerprint density at radius 1 is 1.40 bits per heavy atom. The van der Waals surface area contributed by atoms with E-state index in [4.69, 9.17) is 16.2 Å². The molecule has 0 radical (unpaired) electrons. The van der Waals surface area contributed by atoms with Crippen molar-refractivity contribution < 1.29 is 4.74 Å². The number of anilines is 3. The Bertz CT molecular complexity index is 303. The molecule has 0 aromatic carbocycles. The molecule has 1 aromatic heterocycles. The van der Waals surface area contributed by atoms with E-state index in [1.54, 1.807) is 6.07 Å². The molecular formula is C10H18N4O. The third-order valence-electron chi connectivity index (χ3n) is 1.93. The number of rotatable bonds is 6. The second kappa shape index (κ2) is 6.08. The molecule has 0 amide bonds. The highest BCUT2D eigenvalue weighted by Gasteiger charge is 1.97. The van der Waals surface area contributed by atoms with E-state index in [0.29, 0.717) is 11.5 Å². The number of ether oxygens (including phenoxy) is 1. The maximum absolute atomic E-state index is 5.57. The van der Waals surface area contributed by atoms with Crippen LogP contribution in [0, 0.1) is 0 Å². The molecule has 5 heteroatoms. The molecule has 0 fully saturated rings. The van der Waals surface area contributed by atoms with E-state index < -0.39 is 0 Å². The van der Waals surface area contributed by atoms with Crippen molar-refractivity contribution >= 4 is 17.3 Å². The van der Waals surface area contributed by atoms with Crippen molar-refractivity contribution in [2.24, 2.45) is 0 Å². The van der Waals surface area contributed by atoms with E-state index in [9.17, 15) is 0 Å². The Hall–Kier alpha value is -1.49. The highest BCUT2D eigenvalue weighted by Crippen LogP contribution is 2.14. The highest BCUT2D eigenvalue weighted by atomic mass is 16.5. The molecule has 0 bridgehead atoms. The number of hydrogen-bond donors (Lipinski definition) is 3. The first-order valence-corrected chi connectivity index (χ1v) is 5.07. The molecule has 84 valence electrons. The van der Waals surface area contributed by atoms with Crippen LogP contribution in [-0.2, 0) is 4.74 Å². The number of nitrogens with zero attached hydrogens (tertiary/aromatic N) is 1. The summed E-state index contributed by atoms with van der Waals surface area (Å²) in [6.45, 7) is 4.31. The van der Waals surface area contributed by atoms with Gasteiger partial charge >= 0.3 is 0 Å². The van der Waals surface area contributed by atoms with Crippen molar-refractivity contribution in [3.8, 4) is 0 Å². The van der Waals surface area contributed by atoms with Crippen molar-refractivity contribution in [3.05, 3.63) is 12.1 Å². The van der Waals surface area contributed by atoms with Gasteiger partial charge in [0.1, 0.15) is 11.6 Å². The van der Waals surface area contributed by atoms with E-state index in [2.05, 4.69) is 10.3 Å². The Labute approximate surface area is 89.8 Å². The number of pyridine rings is 1. The third kappa shape index (κ3) is 4.03. The fourth-order valence-electron chi connectivity index (χ4n) is 1.12. The summed E-state index contributed by atoms with van der Waals surface area (Å²) in [5, 5.41) is 3.14. The van der Waals surface area contributed by atoms with Gasteiger partial charge in [-0.25, -0.2) is 4.98 Å². The van der Waals surface area contributed by atoms with E-state index >= 15 is 0 Å². The molecule has 0 aliphatic rings. The largest absolute Gasteiger partial charge is 0.396 e. The van der Waals surface area contributed by atoms with Gasteiger partial charge in [0.05, 0.1) is 5.69 Å².